The number of piperazine rings is 1. The predicted octanol–water partition coefficient (Wildman–Crippen LogP) is 1.59. The molecule has 4 heterocycles. The Hall–Kier alpha value is -1.70. The van der Waals surface area contributed by atoms with Crippen molar-refractivity contribution < 1.29 is 4.74 Å². The molecule has 2 aliphatic rings. The van der Waals surface area contributed by atoms with E-state index in [0.717, 1.165) is 62.2 Å². The lowest BCUT2D eigenvalue weighted by Gasteiger charge is -2.38. The van der Waals surface area contributed by atoms with Crippen molar-refractivity contribution in [3.63, 3.8) is 0 Å². The Labute approximate surface area is 155 Å². The van der Waals surface area contributed by atoms with Crippen LogP contribution in [0, 0.1) is 6.92 Å². The van der Waals surface area contributed by atoms with Gasteiger partial charge in [-0.3, -0.25) is 4.90 Å². The highest BCUT2D eigenvalue weighted by molar-refractivity contribution is 5.51. The largest absolute Gasteiger partial charge is 0.378 e. The van der Waals surface area contributed by atoms with Gasteiger partial charge in [0, 0.05) is 44.0 Å². The number of aryl methyl sites for hydroxylation is 1. The molecule has 0 amide bonds. The second-order valence-corrected chi connectivity index (χ2v) is 7.97. The fourth-order valence-electron chi connectivity index (χ4n) is 3.89. The van der Waals surface area contributed by atoms with Crippen molar-refractivity contribution in [3.05, 3.63) is 23.5 Å². The SMILES string of the molecule is Cc1cc2nc(C(C)C)cc(N[C@H]3COC[C@@H]3N3CCN(C)CC3)n2n1. The number of hydrogen-bond acceptors (Lipinski definition) is 6. The van der Waals surface area contributed by atoms with Crippen LogP contribution in [-0.2, 0) is 4.74 Å². The second-order valence-electron chi connectivity index (χ2n) is 7.97. The van der Waals surface area contributed by atoms with Gasteiger partial charge >= 0.3 is 0 Å². The molecule has 4 rings (SSSR count). The molecular weight excluding hydrogens is 328 g/mol. The summed E-state index contributed by atoms with van der Waals surface area (Å²) in [5.41, 5.74) is 2.99. The monoisotopic (exact) mass is 358 g/mol. The highest BCUT2D eigenvalue weighted by atomic mass is 16.5. The first kappa shape index (κ1) is 17.7. The normalized spacial score (nSPS) is 25.4. The molecule has 2 fully saturated rings. The molecule has 1 N–H and O–H groups in total. The van der Waals surface area contributed by atoms with Crippen LogP contribution in [0.1, 0.15) is 31.2 Å². The van der Waals surface area contributed by atoms with E-state index >= 15 is 0 Å². The first-order valence-electron chi connectivity index (χ1n) is 9.65. The minimum atomic E-state index is 0.272. The maximum Gasteiger partial charge on any atom is 0.157 e. The quantitative estimate of drug-likeness (QED) is 0.896. The highest BCUT2D eigenvalue weighted by Gasteiger charge is 2.34. The van der Waals surface area contributed by atoms with Crippen LogP contribution < -0.4 is 5.32 Å². The average Bonchev–Trinajstić information content (AvgIpc) is 3.21. The van der Waals surface area contributed by atoms with E-state index in [4.69, 9.17) is 9.72 Å². The Morgan fingerprint density at radius 1 is 1.15 bits per heavy atom. The Bertz CT molecular complexity index is 765. The van der Waals surface area contributed by atoms with Crippen molar-refractivity contribution >= 4 is 11.5 Å². The minimum absolute atomic E-state index is 0.272. The molecule has 7 heteroatoms. The number of hydrogen-bond donors (Lipinski definition) is 1. The number of fused-ring (bicyclic) bond motifs is 1. The van der Waals surface area contributed by atoms with Gasteiger partial charge in [0.1, 0.15) is 5.82 Å². The van der Waals surface area contributed by atoms with E-state index in [-0.39, 0.29) is 6.04 Å². The number of nitrogens with one attached hydrogen (secondary N) is 1. The van der Waals surface area contributed by atoms with E-state index < -0.39 is 0 Å². The standard InChI is InChI=1S/C19H30N6O/c1-13(2)15-10-19(25-18(20-15)9-14(3)22-25)21-16-11-26-12-17(16)24-7-5-23(4)6-8-24/h9-10,13,16-17,21H,5-8,11-12H2,1-4H3/t16-,17-/m0/s1. The van der Waals surface area contributed by atoms with Crippen LogP contribution in [0.25, 0.3) is 5.65 Å². The third kappa shape index (κ3) is 3.43. The van der Waals surface area contributed by atoms with E-state index in [1.807, 2.05) is 17.5 Å². The van der Waals surface area contributed by atoms with Crippen LogP contribution in [0.2, 0.25) is 0 Å². The Kier molecular flexibility index (Phi) is 4.86. The van der Waals surface area contributed by atoms with Crippen LogP contribution in [-0.4, -0.2) is 82.9 Å². The highest BCUT2D eigenvalue weighted by Crippen LogP contribution is 2.23. The smallest absolute Gasteiger partial charge is 0.157 e. The number of ether oxygens (including phenoxy) is 1. The molecule has 7 nitrogen and oxygen atoms in total. The molecule has 0 spiro atoms. The van der Waals surface area contributed by atoms with Crippen molar-refractivity contribution in [1.29, 1.82) is 0 Å². The van der Waals surface area contributed by atoms with Gasteiger partial charge in [0.25, 0.3) is 0 Å². The Balaban J connectivity index is 1.59. The van der Waals surface area contributed by atoms with Crippen molar-refractivity contribution in [1.82, 2.24) is 24.4 Å². The lowest BCUT2D eigenvalue weighted by Crippen LogP contribution is -2.54. The van der Waals surface area contributed by atoms with Gasteiger partial charge in [0.2, 0.25) is 0 Å². The summed E-state index contributed by atoms with van der Waals surface area (Å²) in [6, 6.07) is 4.86. The molecule has 2 aromatic heterocycles. The molecule has 0 saturated carbocycles. The number of rotatable bonds is 4. The molecular formula is C19H30N6O. The van der Waals surface area contributed by atoms with Crippen LogP contribution >= 0.6 is 0 Å². The van der Waals surface area contributed by atoms with Gasteiger partial charge < -0.3 is 15.0 Å². The summed E-state index contributed by atoms with van der Waals surface area (Å²) < 4.78 is 7.79. The molecule has 0 unspecified atom stereocenters. The summed E-state index contributed by atoms with van der Waals surface area (Å²) in [7, 11) is 2.19. The zero-order chi connectivity index (χ0) is 18.3. The lowest BCUT2D eigenvalue weighted by atomic mass is 10.1. The van der Waals surface area contributed by atoms with Gasteiger partial charge in [-0.1, -0.05) is 13.8 Å². The van der Waals surface area contributed by atoms with Gasteiger partial charge in [-0.05, 0) is 19.9 Å². The number of nitrogens with zero attached hydrogens (tertiary/aromatic N) is 5. The molecule has 0 bridgehead atoms. The van der Waals surface area contributed by atoms with Crippen molar-refractivity contribution in [3.8, 4) is 0 Å². The summed E-state index contributed by atoms with van der Waals surface area (Å²) in [5.74, 6) is 1.39. The number of likely N-dealkylation sites (N-methyl/N-ethyl adjacent to an activating group) is 1. The summed E-state index contributed by atoms with van der Waals surface area (Å²) in [4.78, 5) is 9.72. The van der Waals surface area contributed by atoms with Gasteiger partial charge in [-0.25, -0.2) is 4.98 Å². The van der Waals surface area contributed by atoms with Crippen LogP contribution in [0.5, 0.6) is 0 Å². The molecule has 2 atom stereocenters. The van der Waals surface area contributed by atoms with Gasteiger partial charge in [0.15, 0.2) is 5.65 Å². The van der Waals surface area contributed by atoms with E-state index in [1.54, 1.807) is 0 Å². The van der Waals surface area contributed by atoms with Crippen LogP contribution in [0.3, 0.4) is 0 Å². The minimum Gasteiger partial charge on any atom is -0.378 e. The first-order valence-corrected chi connectivity index (χ1v) is 9.65. The van der Waals surface area contributed by atoms with Crippen molar-refractivity contribution in [2.75, 3.05) is 51.8 Å². The first-order chi connectivity index (χ1) is 12.5. The third-order valence-corrected chi connectivity index (χ3v) is 5.55. The van der Waals surface area contributed by atoms with Gasteiger partial charge in [0.05, 0.1) is 31.0 Å². The summed E-state index contributed by atoms with van der Waals surface area (Å²) in [6.45, 7) is 12.4. The van der Waals surface area contributed by atoms with E-state index in [1.165, 1.54) is 0 Å². The summed E-state index contributed by atoms with van der Waals surface area (Å²) in [5, 5.41) is 8.36. The fourth-order valence-corrected chi connectivity index (χ4v) is 3.89. The zero-order valence-electron chi connectivity index (χ0n) is 16.3. The second kappa shape index (κ2) is 7.13. The zero-order valence-corrected chi connectivity index (χ0v) is 16.3. The van der Waals surface area contributed by atoms with Crippen molar-refractivity contribution in [2.24, 2.45) is 0 Å². The van der Waals surface area contributed by atoms with Crippen LogP contribution in [0.4, 0.5) is 5.82 Å². The molecule has 0 aliphatic carbocycles. The molecule has 2 aliphatic heterocycles. The maximum absolute atomic E-state index is 5.85. The Morgan fingerprint density at radius 2 is 1.92 bits per heavy atom. The van der Waals surface area contributed by atoms with E-state index in [9.17, 15) is 0 Å². The van der Waals surface area contributed by atoms with Gasteiger partial charge in [-0.2, -0.15) is 9.61 Å². The van der Waals surface area contributed by atoms with Crippen molar-refractivity contribution in [2.45, 2.75) is 38.8 Å². The molecule has 2 aromatic rings. The summed E-state index contributed by atoms with van der Waals surface area (Å²) >= 11 is 0. The van der Waals surface area contributed by atoms with E-state index in [0.29, 0.717) is 12.0 Å². The summed E-state index contributed by atoms with van der Waals surface area (Å²) in [6.07, 6.45) is 0. The average molecular weight is 358 g/mol. The predicted molar refractivity (Wildman–Crippen MR) is 103 cm³/mol. The van der Waals surface area contributed by atoms with Gasteiger partial charge in [-0.15, -0.1) is 0 Å². The maximum atomic E-state index is 5.85. The molecule has 0 aromatic carbocycles. The van der Waals surface area contributed by atoms with E-state index in [2.05, 4.69) is 47.2 Å². The lowest BCUT2D eigenvalue weighted by molar-refractivity contribution is 0.0948. The fraction of sp³-hybridized carbons (Fsp3) is 0.684. The third-order valence-electron chi connectivity index (χ3n) is 5.55. The molecule has 26 heavy (non-hydrogen) atoms. The molecule has 0 radical (unpaired) electrons. The molecule has 142 valence electrons. The molecule has 2 saturated heterocycles. The number of anilines is 1. The number of aromatic nitrogens is 3. The van der Waals surface area contributed by atoms with Crippen LogP contribution in [0.15, 0.2) is 12.1 Å². The topological polar surface area (TPSA) is 57.9 Å². The Morgan fingerprint density at radius 3 is 2.65 bits per heavy atom.